The second-order valence-electron chi connectivity index (χ2n) is 7.39. The van der Waals surface area contributed by atoms with Crippen molar-refractivity contribution >= 4 is 5.78 Å². The number of rotatable bonds is 3. The van der Waals surface area contributed by atoms with Crippen molar-refractivity contribution < 1.29 is 9.53 Å². The lowest BCUT2D eigenvalue weighted by Crippen LogP contribution is -2.21. The van der Waals surface area contributed by atoms with Gasteiger partial charge in [0, 0.05) is 16.7 Å². The van der Waals surface area contributed by atoms with Crippen molar-refractivity contribution in [3.8, 4) is 5.75 Å². The third-order valence-corrected chi connectivity index (χ3v) is 3.40. The molecule has 0 aliphatic rings. The van der Waals surface area contributed by atoms with Crippen LogP contribution in [0.5, 0.6) is 5.75 Å². The molecule has 1 aromatic carbocycles. The fourth-order valence-electron chi connectivity index (χ4n) is 2.25. The minimum atomic E-state index is -0.0596. The van der Waals surface area contributed by atoms with Gasteiger partial charge in [-0.05, 0) is 36.8 Å². The molecule has 0 heterocycles. The molecule has 2 heteroatoms. The summed E-state index contributed by atoms with van der Waals surface area (Å²) in [5.41, 5.74) is 2.86. The fourth-order valence-corrected chi connectivity index (χ4v) is 2.25. The van der Waals surface area contributed by atoms with Crippen molar-refractivity contribution in [1.29, 1.82) is 0 Å². The van der Waals surface area contributed by atoms with Crippen LogP contribution in [-0.2, 0) is 10.8 Å². The number of carbonyl (C=O) groups is 1. The van der Waals surface area contributed by atoms with Crippen LogP contribution in [0.1, 0.15) is 76.9 Å². The summed E-state index contributed by atoms with van der Waals surface area (Å²) in [6.07, 6.45) is 0. The molecule has 1 rings (SSSR count). The number of hydrogen-bond acceptors (Lipinski definition) is 2. The van der Waals surface area contributed by atoms with Gasteiger partial charge in [0.15, 0.2) is 5.78 Å². The predicted molar refractivity (Wildman–Crippen MR) is 85.0 cm³/mol. The normalized spacial score (nSPS) is 12.4. The van der Waals surface area contributed by atoms with Crippen LogP contribution in [0, 0.1) is 0 Å². The number of Topliss-reactive ketones (excluding diaryl/α,β-unsaturated/α-hetero) is 1. The molecule has 0 spiro atoms. The molecule has 1 aromatic rings. The van der Waals surface area contributed by atoms with Gasteiger partial charge in [0.25, 0.3) is 0 Å². The Labute approximate surface area is 123 Å². The third-order valence-electron chi connectivity index (χ3n) is 3.40. The Morgan fingerprint density at radius 3 is 1.65 bits per heavy atom. The van der Waals surface area contributed by atoms with E-state index in [1.54, 1.807) is 6.92 Å². The molecule has 112 valence electrons. The smallest absolute Gasteiger partial charge is 0.159 e. The standard InChI is InChI=1S/C18H28O2/c1-9-20-16-14(17(3,4)5)10-13(12(2)19)11-15(16)18(6,7)8/h10-11H,9H2,1-8H3. The molecule has 0 N–H and O–H groups in total. The second-order valence-corrected chi connectivity index (χ2v) is 7.39. The van der Waals surface area contributed by atoms with Gasteiger partial charge in [0.2, 0.25) is 0 Å². The molecule has 2 nitrogen and oxygen atoms in total. The quantitative estimate of drug-likeness (QED) is 0.735. The summed E-state index contributed by atoms with van der Waals surface area (Å²) in [7, 11) is 0. The third kappa shape index (κ3) is 3.62. The van der Waals surface area contributed by atoms with Gasteiger partial charge in [-0.1, -0.05) is 41.5 Å². The first kappa shape index (κ1) is 16.7. The number of carbonyl (C=O) groups excluding carboxylic acids is 1. The van der Waals surface area contributed by atoms with Crippen LogP contribution < -0.4 is 4.74 Å². The topological polar surface area (TPSA) is 26.3 Å². The van der Waals surface area contributed by atoms with Gasteiger partial charge in [0.05, 0.1) is 6.61 Å². The maximum absolute atomic E-state index is 11.8. The van der Waals surface area contributed by atoms with E-state index in [0.29, 0.717) is 6.61 Å². The zero-order valence-corrected chi connectivity index (χ0v) is 14.2. The Balaban J connectivity index is 3.71. The van der Waals surface area contributed by atoms with Gasteiger partial charge in [0.1, 0.15) is 5.75 Å². The first-order chi connectivity index (χ1) is 8.98. The molecule has 0 bridgehead atoms. The average molecular weight is 276 g/mol. The molecule has 0 radical (unpaired) electrons. The largest absolute Gasteiger partial charge is 0.493 e. The van der Waals surface area contributed by atoms with E-state index in [1.807, 2.05) is 19.1 Å². The first-order valence-corrected chi connectivity index (χ1v) is 7.31. The lowest BCUT2D eigenvalue weighted by Gasteiger charge is -2.30. The van der Waals surface area contributed by atoms with Crippen LogP contribution in [0.2, 0.25) is 0 Å². The number of benzene rings is 1. The second kappa shape index (κ2) is 5.59. The minimum Gasteiger partial charge on any atom is -0.493 e. The minimum absolute atomic E-state index is 0.0596. The molecule has 0 saturated carbocycles. The van der Waals surface area contributed by atoms with Gasteiger partial charge >= 0.3 is 0 Å². The van der Waals surface area contributed by atoms with Crippen LogP contribution >= 0.6 is 0 Å². The summed E-state index contributed by atoms with van der Waals surface area (Å²) in [4.78, 5) is 11.8. The van der Waals surface area contributed by atoms with Gasteiger partial charge in [-0.3, -0.25) is 4.79 Å². The van der Waals surface area contributed by atoms with Crippen molar-refractivity contribution in [2.24, 2.45) is 0 Å². The average Bonchev–Trinajstić information content (AvgIpc) is 2.26. The van der Waals surface area contributed by atoms with E-state index in [1.165, 1.54) is 0 Å². The Bertz CT molecular complexity index is 464. The van der Waals surface area contributed by atoms with Crippen LogP contribution in [0.4, 0.5) is 0 Å². The molecule has 0 aromatic heterocycles. The van der Waals surface area contributed by atoms with E-state index >= 15 is 0 Å². The van der Waals surface area contributed by atoms with Crippen molar-refractivity contribution in [3.63, 3.8) is 0 Å². The lowest BCUT2D eigenvalue weighted by atomic mass is 9.78. The fraction of sp³-hybridized carbons (Fsp3) is 0.611. The van der Waals surface area contributed by atoms with Gasteiger partial charge in [-0.2, -0.15) is 0 Å². The molecule has 0 amide bonds. The Morgan fingerprint density at radius 2 is 1.40 bits per heavy atom. The van der Waals surface area contributed by atoms with E-state index < -0.39 is 0 Å². The summed E-state index contributed by atoms with van der Waals surface area (Å²) in [5, 5.41) is 0. The van der Waals surface area contributed by atoms with E-state index in [0.717, 1.165) is 22.4 Å². The number of ether oxygens (including phenoxy) is 1. The molecule has 0 aliphatic carbocycles. The van der Waals surface area contributed by atoms with E-state index in [2.05, 4.69) is 41.5 Å². The highest BCUT2D eigenvalue weighted by Crippen LogP contribution is 2.40. The number of ketones is 1. The van der Waals surface area contributed by atoms with Crippen molar-refractivity contribution in [2.75, 3.05) is 6.61 Å². The molecule has 20 heavy (non-hydrogen) atoms. The Kier molecular flexibility index (Phi) is 4.68. The summed E-state index contributed by atoms with van der Waals surface area (Å²) < 4.78 is 5.94. The monoisotopic (exact) mass is 276 g/mol. The van der Waals surface area contributed by atoms with Crippen LogP contribution in [0.15, 0.2) is 12.1 Å². The summed E-state index contributed by atoms with van der Waals surface area (Å²) >= 11 is 0. The van der Waals surface area contributed by atoms with E-state index in [4.69, 9.17) is 4.74 Å². The zero-order chi connectivity index (χ0) is 15.7. The van der Waals surface area contributed by atoms with Gasteiger partial charge < -0.3 is 4.74 Å². The predicted octanol–water partition coefficient (Wildman–Crippen LogP) is 4.88. The Morgan fingerprint density at radius 1 is 1.00 bits per heavy atom. The first-order valence-electron chi connectivity index (χ1n) is 7.31. The number of hydrogen-bond donors (Lipinski definition) is 0. The van der Waals surface area contributed by atoms with Crippen LogP contribution in [0.3, 0.4) is 0 Å². The zero-order valence-electron chi connectivity index (χ0n) is 14.2. The maximum atomic E-state index is 11.8. The molecule has 0 saturated heterocycles. The Hall–Kier alpha value is -1.31. The van der Waals surface area contributed by atoms with Gasteiger partial charge in [-0.25, -0.2) is 0 Å². The van der Waals surface area contributed by atoms with Crippen molar-refractivity contribution in [2.45, 2.75) is 66.2 Å². The molecule has 0 aliphatic heterocycles. The summed E-state index contributed by atoms with van der Waals surface area (Å²) in [6.45, 7) is 17.2. The summed E-state index contributed by atoms with van der Waals surface area (Å²) in [5.74, 6) is 1.04. The van der Waals surface area contributed by atoms with Crippen LogP contribution in [0.25, 0.3) is 0 Å². The molecule has 0 unspecified atom stereocenters. The maximum Gasteiger partial charge on any atom is 0.159 e. The van der Waals surface area contributed by atoms with Gasteiger partial charge in [-0.15, -0.1) is 0 Å². The summed E-state index contributed by atoms with van der Waals surface area (Å²) in [6, 6.07) is 3.98. The molecule has 0 fully saturated rings. The van der Waals surface area contributed by atoms with Crippen molar-refractivity contribution in [3.05, 3.63) is 28.8 Å². The van der Waals surface area contributed by atoms with E-state index in [9.17, 15) is 4.79 Å². The lowest BCUT2D eigenvalue weighted by molar-refractivity contribution is 0.101. The molecule has 0 atom stereocenters. The molecular formula is C18H28O2. The highest BCUT2D eigenvalue weighted by atomic mass is 16.5. The van der Waals surface area contributed by atoms with Crippen LogP contribution in [-0.4, -0.2) is 12.4 Å². The SMILES string of the molecule is CCOc1c(C(C)(C)C)cc(C(C)=O)cc1C(C)(C)C. The highest BCUT2D eigenvalue weighted by molar-refractivity contribution is 5.95. The highest BCUT2D eigenvalue weighted by Gasteiger charge is 2.28. The van der Waals surface area contributed by atoms with Crippen molar-refractivity contribution in [1.82, 2.24) is 0 Å². The van der Waals surface area contributed by atoms with E-state index in [-0.39, 0.29) is 16.6 Å². The molecular weight excluding hydrogens is 248 g/mol.